The molecule has 1 aromatic rings. The highest BCUT2D eigenvalue weighted by Crippen LogP contribution is 2.01. The van der Waals surface area contributed by atoms with Crippen LogP contribution >= 0.6 is 0 Å². The summed E-state index contributed by atoms with van der Waals surface area (Å²) in [7, 11) is 3.23. The van der Waals surface area contributed by atoms with Gasteiger partial charge < -0.3 is 10.5 Å². The van der Waals surface area contributed by atoms with Gasteiger partial charge in [-0.1, -0.05) is 5.21 Å². The monoisotopic (exact) mass is 198 g/mol. The van der Waals surface area contributed by atoms with Gasteiger partial charge in [-0.25, -0.2) is 4.68 Å². The molecule has 0 radical (unpaired) electrons. The average Bonchev–Trinajstić information content (AvgIpc) is 2.59. The van der Waals surface area contributed by atoms with Crippen molar-refractivity contribution in [3.8, 4) is 0 Å². The smallest absolute Gasteiger partial charge is 0.199 e. The van der Waals surface area contributed by atoms with Gasteiger partial charge in [0.1, 0.15) is 5.69 Å². The molecule has 2 N–H and O–H groups in total. The SMILES string of the molecule is COCCC(N)C(=O)c1cnnn1C. The Morgan fingerprint density at radius 1 is 1.79 bits per heavy atom. The molecule has 1 atom stereocenters. The van der Waals surface area contributed by atoms with Crippen molar-refractivity contribution >= 4 is 5.78 Å². The maximum atomic E-state index is 11.7. The van der Waals surface area contributed by atoms with Crippen LogP contribution in [0.25, 0.3) is 0 Å². The van der Waals surface area contributed by atoms with Crippen LogP contribution in [0.5, 0.6) is 0 Å². The number of ether oxygens (including phenoxy) is 1. The summed E-state index contributed by atoms with van der Waals surface area (Å²) in [6.45, 7) is 0.470. The number of Topliss-reactive ketones (excluding diaryl/α,β-unsaturated/α-hetero) is 1. The second-order valence-electron chi connectivity index (χ2n) is 3.00. The predicted octanol–water partition coefficient (Wildman–Crippen LogP) is -0.638. The van der Waals surface area contributed by atoms with Gasteiger partial charge in [-0.3, -0.25) is 4.79 Å². The fourth-order valence-corrected chi connectivity index (χ4v) is 1.08. The van der Waals surface area contributed by atoms with Crippen LogP contribution in [0, 0.1) is 0 Å². The van der Waals surface area contributed by atoms with Crippen LogP contribution in [0.4, 0.5) is 0 Å². The van der Waals surface area contributed by atoms with Crippen molar-refractivity contribution in [1.29, 1.82) is 0 Å². The van der Waals surface area contributed by atoms with Crippen molar-refractivity contribution in [1.82, 2.24) is 15.0 Å². The lowest BCUT2D eigenvalue weighted by Gasteiger charge is -2.08. The Hall–Kier alpha value is -1.27. The third-order valence-electron chi connectivity index (χ3n) is 1.94. The van der Waals surface area contributed by atoms with Crippen molar-refractivity contribution < 1.29 is 9.53 Å². The lowest BCUT2D eigenvalue weighted by molar-refractivity contribution is 0.0926. The summed E-state index contributed by atoms with van der Waals surface area (Å²) in [5.74, 6) is -0.158. The third-order valence-corrected chi connectivity index (χ3v) is 1.94. The van der Waals surface area contributed by atoms with E-state index in [0.717, 1.165) is 0 Å². The molecule has 1 unspecified atom stereocenters. The standard InChI is InChI=1S/C8H14N4O2/c1-12-7(5-10-11-12)8(13)6(9)3-4-14-2/h5-6H,3-4,9H2,1-2H3. The molecule has 1 rings (SSSR count). The molecular formula is C8H14N4O2. The van der Waals surface area contributed by atoms with Gasteiger partial charge in [-0.2, -0.15) is 0 Å². The number of aromatic nitrogens is 3. The van der Waals surface area contributed by atoms with Gasteiger partial charge in [0, 0.05) is 20.8 Å². The molecule has 78 valence electrons. The highest BCUT2D eigenvalue weighted by molar-refractivity contribution is 5.98. The Morgan fingerprint density at radius 3 is 3.00 bits per heavy atom. The van der Waals surface area contributed by atoms with Crippen molar-refractivity contribution in [3.63, 3.8) is 0 Å². The number of carbonyl (C=O) groups excluding carboxylic acids is 1. The van der Waals surface area contributed by atoms with Gasteiger partial charge in [0.15, 0.2) is 5.78 Å². The zero-order chi connectivity index (χ0) is 10.6. The van der Waals surface area contributed by atoms with Crippen molar-refractivity contribution in [2.75, 3.05) is 13.7 Å². The minimum atomic E-state index is -0.549. The first-order valence-electron chi connectivity index (χ1n) is 4.30. The minimum Gasteiger partial charge on any atom is -0.385 e. The molecule has 6 heteroatoms. The van der Waals surface area contributed by atoms with Gasteiger partial charge in [0.25, 0.3) is 0 Å². The molecule has 0 saturated heterocycles. The molecule has 0 bridgehead atoms. The number of hydrogen-bond donors (Lipinski definition) is 1. The normalized spacial score (nSPS) is 12.8. The topological polar surface area (TPSA) is 83.0 Å². The molecule has 6 nitrogen and oxygen atoms in total. The molecule has 1 aromatic heterocycles. The minimum absolute atomic E-state index is 0.158. The van der Waals surface area contributed by atoms with Gasteiger partial charge in [0.2, 0.25) is 0 Å². The van der Waals surface area contributed by atoms with E-state index in [1.165, 1.54) is 10.9 Å². The molecule has 0 aliphatic rings. The van der Waals surface area contributed by atoms with Crippen LogP contribution in [0.3, 0.4) is 0 Å². The lowest BCUT2D eigenvalue weighted by Crippen LogP contribution is -2.33. The fraction of sp³-hybridized carbons (Fsp3) is 0.625. The molecule has 0 aliphatic carbocycles. The Morgan fingerprint density at radius 2 is 2.50 bits per heavy atom. The number of methoxy groups -OCH3 is 1. The van der Waals surface area contributed by atoms with Crippen LogP contribution in [0.1, 0.15) is 16.9 Å². The van der Waals surface area contributed by atoms with Gasteiger partial charge in [-0.15, -0.1) is 5.10 Å². The van der Waals surface area contributed by atoms with Crippen LogP contribution < -0.4 is 5.73 Å². The van der Waals surface area contributed by atoms with Gasteiger partial charge >= 0.3 is 0 Å². The highest BCUT2D eigenvalue weighted by Gasteiger charge is 2.18. The molecule has 0 aromatic carbocycles. The van der Waals surface area contributed by atoms with Crippen molar-refractivity contribution in [2.24, 2.45) is 12.8 Å². The van der Waals surface area contributed by atoms with Crippen LogP contribution in [0.2, 0.25) is 0 Å². The van der Waals surface area contributed by atoms with E-state index in [0.29, 0.717) is 18.7 Å². The van der Waals surface area contributed by atoms with Crippen LogP contribution in [-0.4, -0.2) is 40.5 Å². The molecule has 1 heterocycles. The van der Waals surface area contributed by atoms with E-state index in [2.05, 4.69) is 10.3 Å². The summed E-state index contributed by atoms with van der Waals surface area (Å²) < 4.78 is 6.25. The Balaban J connectivity index is 2.61. The number of rotatable bonds is 5. The van der Waals surface area contributed by atoms with Gasteiger partial charge in [-0.05, 0) is 6.42 Å². The van der Waals surface area contributed by atoms with E-state index in [4.69, 9.17) is 10.5 Å². The summed E-state index contributed by atoms with van der Waals surface area (Å²) in [5, 5.41) is 7.27. The summed E-state index contributed by atoms with van der Waals surface area (Å²) in [5.41, 5.74) is 6.09. The maximum Gasteiger partial charge on any atom is 0.199 e. The number of ketones is 1. The fourth-order valence-electron chi connectivity index (χ4n) is 1.08. The summed E-state index contributed by atoms with van der Waals surface area (Å²) >= 11 is 0. The largest absolute Gasteiger partial charge is 0.385 e. The van der Waals surface area contributed by atoms with E-state index >= 15 is 0 Å². The van der Waals surface area contributed by atoms with E-state index in [1.54, 1.807) is 14.2 Å². The number of hydrogen-bond acceptors (Lipinski definition) is 5. The molecular weight excluding hydrogens is 184 g/mol. The first kappa shape index (κ1) is 10.8. The first-order chi connectivity index (χ1) is 6.66. The van der Waals surface area contributed by atoms with Crippen LogP contribution in [-0.2, 0) is 11.8 Å². The predicted molar refractivity (Wildman–Crippen MR) is 49.8 cm³/mol. The Bertz CT molecular complexity index is 310. The Kier molecular flexibility index (Phi) is 3.73. The number of aryl methyl sites for hydroxylation is 1. The van der Waals surface area contributed by atoms with Crippen LogP contribution in [0.15, 0.2) is 6.20 Å². The molecule has 0 aliphatic heterocycles. The lowest BCUT2D eigenvalue weighted by atomic mass is 10.1. The summed E-state index contributed by atoms with van der Waals surface area (Å²) in [6.07, 6.45) is 1.91. The number of nitrogens with zero attached hydrogens (tertiary/aromatic N) is 3. The summed E-state index contributed by atoms with van der Waals surface area (Å²) in [6, 6.07) is -0.549. The molecule has 0 saturated carbocycles. The zero-order valence-electron chi connectivity index (χ0n) is 8.30. The van der Waals surface area contributed by atoms with E-state index < -0.39 is 6.04 Å². The quantitative estimate of drug-likeness (QED) is 0.636. The number of nitrogens with two attached hydrogens (primary N) is 1. The average molecular weight is 198 g/mol. The van der Waals surface area contributed by atoms with E-state index in [9.17, 15) is 4.79 Å². The Labute approximate surface area is 82.0 Å². The molecule has 0 amide bonds. The van der Waals surface area contributed by atoms with E-state index in [-0.39, 0.29) is 5.78 Å². The van der Waals surface area contributed by atoms with E-state index in [1.807, 2.05) is 0 Å². The second kappa shape index (κ2) is 4.83. The summed E-state index contributed by atoms with van der Waals surface area (Å²) in [4.78, 5) is 11.7. The molecule has 0 spiro atoms. The number of carbonyl (C=O) groups is 1. The molecule has 0 fully saturated rings. The second-order valence-corrected chi connectivity index (χ2v) is 3.00. The van der Waals surface area contributed by atoms with Gasteiger partial charge in [0.05, 0.1) is 12.2 Å². The molecule has 14 heavy (non-hydrogen) atoms. The van der Waals surface area contributed by atoms with Crippen molar-refractivity contribution in [2.45, 2.75) is 12.5 Å². The first-order valence-corrected chi connectivity index (χ1v) is 4.30. The zero-order valence-corrected chi connectivity index (χ0v) is 8.30. The maximum absolute atomic E-state index is 11.7. The highest BCUT2D eigenvalue weighted by atomic mass is 16.5. The third kappa shape index (κ3) is 2.36. The van der Waals surface area contributed by atoms with Crippen molar-refractivity contribution in [3.05, 3.63) is 11.9 Å².